The Bertz CT molecular complexity index is 1390. The molecule has 0 radical (unpaired) electrons. The molecule has 5 aromatic rings. The summed E-state index contributed by atoms with van der Waals surface area (Å²) in [4.78, 5) is 22.8. The molecule has 3 N–H and O–H groups in total. The number of hydrogen-bond acceptors (Lipinski definition) is 7. The first-order valence-corrected chi connectivity index (χ1v) is 9.19. The molecule has 30 heavy (non-hydrogen) atoms. The number of H-pyrrole nitrogens is 3. The summed E-state index contributed by atoms with van der Waals surface area (Å²) in [6, 6.07) is 1.97. The molecular formula is C20H18N10. The van der Waals surface area contributed by atoms with E-state index in [2.05, 4.69) is 47.1 Å². The van der Waals surface area contributed by atoms with Crippen molar-refractivity contribution in [3.8, 4) is 22.8 Å². The van der Waals surface area contributed by atoms with E-state index in [0.717, 1.165) is 44.6 Å². The van der Waals surface area contributed by atoms with Crippen LogP contribution >= 0.6 is 0 Å². The van der Waals surface area contributed by atoms with Gasteiger partial charge in [-0.05, 0) is 19.7 Å². The molecule has 0 unspecified atom stereocenters. The zero-order valence-corrected chi connectivity index (χ0v) is 16.4. The number of anilines is 1. The van der Waals surface area contributed by atoms with E-state index in [1.807, 2.05) is 31.1 Å². The number of aromatic nitrogens is 8. The summed E-state index contributed by atoms with van der Waals surface area (Å²) >= 11 is 0. The number of allylic oxidation sites excluding steroid dienone is 1. The SMILES string of the molecule is C=N/C(C)=C\N(C)c1cncc2[nH]c(-c3n[nH]c4cnc(-c5cn[nH]c5)cc34)nc12. The minimum absolute atomic E-state index is 0.644. The quantitative estimate of drug-likeness (QED) is 0.390. The van der Waals surface area contributed by atoms with E-state index in [1.54, 1.807) is 31.0 Å². The summed E-state index contributed by atoms with van der Waals surface area (Å²) in [7, 11) is 1.92. The largest absolute Gasteiger partial charge is 0.346 e. The molecule has 0 saturated carbocycles. The maximum atomic E-state index is 4.82. The highest BCUT2D eigenvalue weighted by Gasteiger charge is 2.17. The average molecular weight is 398 g/mol. The molecule has 10 heteroatoms. The Morgan fingerprint density at radius 3 is 2.90 bits per heavy atom. The molecule has 5 aromatic heterocycles. The number of aliphatic imine (C=N–C) groups is 1. The second kappa shape index (κ2) is 6.92. The first-order valence-electron chi connectivity index (χ1n) is 9.19. The van der Waals surface area contributed by atoms with Crippen molar-refractivity contribution < 1.29 is 0 Å². The van der Waals surface area contributed by atoms with Gasteiger partial charge < -0.3 is 9.88 Å². The van der Waals surface area contributed by atoms with Crippen LogP contribution in [0.4, 0.5) is 5.69 Å². The molecule has 5 rings (SSSR count). The van der Waals surface area contributed by atoms with Crippen molar-refractivity contribution in [2.45, 2.75) is 6.92 Å². The van der Waals surface area contributed by atoms with Crippen LogP contribution in [0.5, 0.6) is 0 Å². The van der Waals surface area contributed by atoms with Crippen LogP contribution in [0.2, 0.25) is 0 Å². The minimum Gasteiger partial charge on any atom is -0.346 e. The fraction of sp³-hybridized carbons (Fsp3) is 0.100. The van der Waals surface area contributed by atoms with Crippen LogP contribution in [0, 0.1) is 0 Å². The number of fused-ring (bicyclic) bond motifs is 2. The van der Waals surface area contributed by atoms with Gasteiger partial charge in [0, 0.05) is 30.4 Å². The van der Waals surface area contributed by atoms with E-state index in [0.29, 0.717) is 11.5 Å². The molecule has 0 aliphatic carbocycles. The third kappa shape index (κ3) is 2.91. The lowest BCUT2D eigenvalue weighted by Crippen LogP contribution is -2.09. The molecule has 0 aromatic carbocycles. The van der Waals surface area contributed by atoms with Gasteiger partial charge in [-0.1, -0.05) is 0 Å². The Balaban J connectivity index is 1.63. The Kier molecular flexibility index (Phi) is 4.09. The molecule has 0 aliphatic heterocycles. The van der Waals surface area contributed by atoms with Crippen molar-refractivity contribution in [2.75, 3.05) is 11.9 Å². The molecule has 5 heterocycles. The van der Waals surface area contributed by atoms with E-state index < -0.39 is 0 Å². The highest BCUT2D eigenvalue weighted by Crippen LogP contribution is 2.31. The Labute approximate surface area is 170 Å². The van der Waals surface area contributed by atoms with E-state index in [4.69, 9.17) is 4.98 Å². The summed E-state index contributed by atoms with van der Waals surface area (Å²) in [5.41, 5.74) is 6.48. The van der Waals surface area contributed by atoms with Crippen molar-refractivity contribution in [2.24, 2.45) is 4.99 Å². The standard InChI is InChI=1S/C20H18N10/c1-11(21-2)10-30(3)17-9-22-7-16-19(17)27-20(26-16)18-13-4-14(12-5-24-25-6-12)23-8-15(13)28-29-18/h4-10H,2H2,1,3H3,(H,24,25)(H,26,27)(H,28,29)/b11-10-. The van der Waals surface area contributed by atoms with E-state index in [1.165, 1.54) is 0 Å². The second-order valence-electron chi connectivity index (χ2n) is 6.85. The average Bonchev–Trinajstić information content (AvgIpc) is 3.51. The molecular weight excluding hydrogens is 380 g/mol. The number of pyridine rings is 2. The maximum Gasteiger partial charge on any atom is 0.159 e. The van der Waals surface area contributed by atoms with Gasteiger partial charge in [0.25, 0.3) is 0 Å². The Hall–Kier alpha value is -4.34. The molecule has 0 aliphatic rings. The number of nitrogens with one attached hydrogen (secondary N) is 3. The van der Waals surface area contributed by atoms with Gasteiger partial charge in [-0.25, -0.2) is 4.98 Å². The fourth-order valence-corrected chi connectivity index (χ4v) is 3.33. The highest BCUT2D eigenvalue weighted by atomic mass is 15.2. The van der Waals surface area contributed by atoms with Crippen LogP contribution in [0.15, 0.2) is 53.9 Å². The molecule has 0 atom stereocenters. The van der Waals surface area contributed by atoms with Crippen LogP contribution in [-0.2, 0) is 0 Å². The lowest BCUT2D eigenvalue weighted by molar-refractivity contribution is 1.09. The third-order valence-corrected chi connectivity index (χ3v) is 4.85. The first-order chi connectivity index (χ1) is 14.6. The third-order valence-electron chi connectivity index (χ3n) is 4.85. The van der Waals surface area contributed by atoms with E-state index in [9.17, 15) is 0 Å². The summed E-state index contributed by atoms with van der Waals surface area (Å²) < 4.78 is 0. The number of aromatic amines is 3. The minimum atomic E-state index is 0.644. The predicted molar refractivity (Wildman–Crippen MR) is 116 cm³/mol. The highest BCUT2D eigenvalue weighted by molar-refractivity contribution is 5.96. The van der Waals surface area contributed by atoms with Crippen molar-refractivity contribution in [1.82, 2.24) is 40.3 Å². The van der Waals surface area contributed by atoms with Crippen molar-refractivity contribution in [3.05, 3.63) is 48.9 Å². The molecule has 0 bridgehead atoms. The summed E-state index contributed by atoms with van der Waals surface area (Å²) in [5, 5.41) is 15.2. The molecule has 0 fully saturated rings. The lowest BCUT2D eigenvalue weighted by atomic mass is 10.1. The number of rotatable bonds is 5. The summed E-state index contributed by atoms with van der Waals surface area (Å²) in [6.07, 6.45) is 10.7. The zero-order valence-electron chi connectivity index (χ0n) is 16.4. The van der Waals surface area contributed by atoms with Crippen molar-refractivity contribution >= 4 is 34.3 Å². The van der Waals surface area contributed by atoms with Gasteiger partial charge in [-0.2, -0.15) is 10.2 Å². The van der Waals surface area contributed by atoms with Gasteiger partial charge in [-0.3, -0.25) is 25.2 Å². The van der Waals surface area contributed by atoms with Gasteiger partial charge in [-0.15, -0.1) is 0 Å². The van der Waals surface area contributed by atoms with Gasteiger partial charge in [0.05, 0.1) is 52.9 Å². The summed E-state index contributed by atoms with van der Waals surface area (Å²) in [6.45, 7) is 5.44. The molecule has 148 valence electrons. The number of imidazole rings is 1. The monoisotopic (exact) mass is 398 g/mol. The smallest absolute Gasteiger partial charge is 0.159 e. The van der Waals surface area contributed by atoms with Gasteiger partial charge in [0.2, 0.25) is 0 Å². The van der Waals surface area contributed by atoms with Crippen LogP contribution in [0.25, 0.3) is 44.7 Å². The maximum absolute atomic E-state index is 4.82. The van der Waals surface area contributed by atoms with Gasteiger partial charge in [0.1, 0.15) is 11.2 Å². The molecule has 10 nitrogen and oxygen atoms in total. The first kappa shape index (κ1) is 17.7. The Morgan fingerprint density at radius 1 is 1.20 bits per heavy atom. The lowest BCUT2D eigenvalue weighted by Gasteiger charge is -2.14. The Morgan fingerprint density at radius 2 is 2.10 bits per heavy atom. The summed E-state index contributed by atoms with van der Waals surface area (Å²) in [5.74, 6) is 0.644. The van der Waals surface area contributed by atoms with E-state index >= 15 is 0 Å². The van der Waals surface area contributed by atoms with Crippen LogP contribution in [0.1, 0.15) is 6.92 Å². The number of nitrogens with zero attached hydrogens (tertiary/aromatic N) is 7. The van der Waals surface area contributed by atoms with Gasteiger partial charge in [0.15, 0.2) is 5.82 Å². The van der Waals surface area contributed by atoms with Crippen molar-refractivity contribution in [3.63, 3.8) is 0 Å². The molecule has 0 saturated heterocycles. The van der Waals surface area contributed by atoms with Crippen LogP contribution < -0.4 is 4.90 Å². The van der Waals surface area contributed by atoms with E-state index in [-0.39, 0.29) is 0 Å². The zero-order chi connectivity index (χ0) is 20.7. The molecule has 0 spiro atoms. The normalized spacial score (nSPS) is 12.0. The fourth-order valence-electron chi connectivity index (χ4n) is 3.33. The van der Waals surface area contributed by atoms with Crippen LogP contribution in [-0.4, -0.2) is 54.1 Å². The van der Waals surface area contributed by atoms with Crippen molar-refractivity contribution in [1.29, 1.82) is 0 Å². The topological polar surface area (TPSA) is 127 Å². The van der Waals surface area contributed by atoms with Crippen LogP contribution in [0.3, 0.4) is 0 Å². The second-order valence-corrected chi connectivity index (χ2v) is 6.85. The predicted octanol–water partition coefficient (Wildman–Crippen LogP) is 3.28. The number of hydrogen-bond donors (Lipinski definition) is 3. The molecule has 0 amide bonds. The van der Waals surface area contributed by atoms with Gasteiger partial charge >= 0.3 is 0 Å².